The number of fused-ring (bicyclic) bond motifs is 1. The van der Waals surface area contributed by atoms with Crippen LogP contribution in [0.25, 0.3) is 0 Å². The molecule has 4 atom stereocenters. The summed E-state index contributed by atoms with van der Waals surface area (Å²) in [7, 11) is -0.676. The molecule has 0 radical (unpaired) electrons. The Morgan fingerprint density at radius 3 is 2.82 bits per heavy atom. The normalized spacial score (nSPS) is 34.5. The van der Waals surface area contributed by atoms with Crippen LogP contribution >= 0.6 is 0 Å². The van der Waals surface area contributed by atoms with Gasteiger partial charge in [-0.25, -0.2) is 0 Å². The molecule has 0 bridgehead atoms. The van der Waals surface area contributed by atoms with Crippen molar-refractivity contribution in [3.05, 3.63) is 0 Å². The van der Waals surface area contributed by atoms with Gasteiger partial charge in [0.15, 0.2) is 0 Å². The molecule has 2 heterocycles. The third-order valence-electron chi connectivity index (χ3n) is 4.35. The molecule has 17 heavy (non-hydrogen) atoms. The van der Waals surface area contributed by atoms with E-state index in [0.717, 1.165) is 11.8 Å². The van der Waals surface area contributed by atoms with Crippen LogP contribution in [0.2, 0.25) is 0 Å². The van der Waals surface area contributed by atoms with Gasteiger partial charge in [0.1, 0.15) is 0 Å². The molecule has 0 aromatic rings. The Kier molecular flexibility index (Phi) is 4.61. The maximum Gasteiger partial charge on any atom is 0.0385 e. The Bertz CT molecular complexity index is 285. The van der Waals surface area contributed by atoms with Gasteiger partial charge >= 0.3 is 0 Å². The van der Waals surface area contributed by atoms with E-state index in [1.54, 1.807) is 0 Å². The zero-order valence-corrected chi connectivity index (χ0v) is 12.2. The maximum absolute atomic E-state index is 11.4. The minimum atomic E-state index is -0.676. The lowest BCUT2D eigenvalue weighted by atomic mass is 10.0. The molecule has 0 aromatic heterocycles. The van der Waals surface area contributed by atoms with Crippen molar-refractivity contribution in [2.75, 3.05) is 31.6 Å². The lowest BCUT2D eigenvalue weighted by Gasteiger charge is -2.46. The molecule has 3 nitrogen and oxygen atoms in total. The molecule has 2 fully saturated rings. The van der Waals surface area contributed by atoms with Crippen molar-refractivity contribution in [1.29, 1.82) is 0 Å². The van der Waals surface area contributed by atoms with E-state index in [1.807, 2.05) is 6.26 Å². The monoisotopic (exact) mass is 258 g/mol. The lowest BCUT2D eigenvalue weighted by molar-refractivity contribution is 0.0294. The van der Waals surface area contributed by atoms with E-state index >= 15 is 0 Å². The van der Waals surface area contributed by atoms with E-state index in [0.29, 0.717) is 12.1 Å². The first kappa shape index (κ1) is 13.5. The van der Waals surface area contributed by atoms with E-state index in [4.69, 9.17) is 0 Å². The lowest BCUT2D eigenvalue weighted by Crippen LogP contribution is -2.59. The summed E-state index contributed by atoms with van der Waals surface area (Å²) in [6.07, 6.45) is 5.76. The van der Waals surface area contributed by atoms with Gasteiger partial charge in [0.25, 0.3) is 0 Å². The van der Waals surface area contributed by atoms with Crippen LogP contribution in [-0.2, 0) is 10.8 Å². The fraction of sp³-hybridized carbons (Fsp3) is 1.00. The van der Waals surface area contributed by atoms with Crippen LogP contribution < -0.4 is 0 Å². The maximum atomic E-state index is 11.4. The Hall–Kier alpha value is 0.0700. The third kappa shape index (κ3) is 3.09. The van der Waals surface area contributed by atoms with Crippen molar-refractivity contribution in [3.63, 3.8) is 0 Å². The van der Waals surface area contributed by atoms with Crippen molar-refractivity contribution >= 4 is 10.8 Å². The van der Waals surface area contributed by atoms with E-state index in [2.05, 4.69) is 23.6 Å². The molecule has 0 aliphatic carbocycles. The second kappa shape index (κ2) is 5.81. The number of nitrogens with zero attached hydrogens (tertiary/aromatic N) is 2. The molecule has 0 N–H and O–H groups in total. The highest BCUT2D eigenvalue weighted by atomic mass is 32.2. The van der Waals surface area contributed by atoms with E-state index in [9.17, 15) is 4.21 Å². The highest BCUT2D eigenvalue weighted by Gasteiger charge is 2.37. The molecule has 100 valence electrons. The van der Waals surface area contributed by atoms with Crippen molar-refractivity contribution in [1.82, 2.24) is 9.80 Å². The van der Waals surface area contributed by atoms with Crippen LogP contribution in [0.4, 0.5) is 0 Å². The summed E-state index contributed by atoms with van der Waals surface area (Å²) in [4.78, 5) is 5.29. The number of hydrogen-bond donors (Lipinski definition) is 0. The van der Waals surface area contributed by atoms with Gasteiger partial charge < -0.3 is 0 Å². The summed E-state index contributed by atoms with van der Waals surface area (Å²) in [6.45, 7) is 8.24. The zero-order valence-electron chi connectivity index (χ0n) is 11.4. The third-order valence-corrected chi connectivity index (χ3v) is 5.30. The van der Waals surface area contributed by atoms with Crippen LogP contribution in [0.15, 0.2) is 0 Å². The summed E-state index contributed by atoms with van der Waals surface area (Å²) in [5, 5.41) is 0. The molecule has 4 unspecified atom stereocenters. The summed E-state index contributed by atoms with van der Waals surface area (Å²) in [5.41, 5.74) is 0. The first-order valence-electron chi connectivity index (χ1n) is 6.91. The fourth-order valence-electron chi connectivity index (χ4n) is 3.45. The predicted octanol–water partition coefficient (Wildman–Crippen LogP) is 1.31. The minimum Gasteiger partial charge on any atom is -0.298 e. The smallest absolute Gasteiger partial charge is 0.0385 e. The molecule has 2 rings (SSSR count). The van der Waals surface area contributed by atoms with Crippen molar-refractivity contribution < 1.29 is 4.21 Å². The van der Waals surface area contributed by atoms with Gasteiger partial charge in [-0.15, -0.1) is 0 Å². The van der Waals surface area contributed by atoms with Gasteiger partial charge in [0.2, 0.25) is 0 Å². The van der Waals surface area contributed by atoms with Crippen LogP contribution in [0.3, 0.4) is 0 Å². The Balaban J connectivity index is 2.00. The van der Waals surface area contributed by atoms with E-state index in [1.165, 1.54) is 38.9 Å². The predicted molar refractivity (Wildman–Crippen MR) is 73.8 cm³/mol. The molecule has 0 amide bonds. The molecule has 2 aliphatic rings. The average molecular weight is 258 g/mol. The highest BCUT2D eigenvalue weighted by Crippen LogP contribution is 2.27. The van der Waals surface area contributed by atoms with Crippen LogP contribution in [-0.4, -0.2) is 63.8 Å². The number of rotatable bonds is 4. The van der Waals surface area contributed by atoms with E-state index < -0.39 is 10.8 Å². The molecular formula is C13H26N2OS. The van der Waals surface area contributed by atoms with Gasteiger partial charge in [-0.3, -0.25) is 14.0 Å². The quantitative estimate of drug-likeness (QED) is 0.760. The van der Waals surface area contributed by atoms with Crippen molar-refractivity contribution in [2.45, 2.75) is 51.2 Å². The SMILES string of the molecule is CCC1CN2CCCC2CN1C(C)CS(C)=O. The van der Waals surface area contributed by atoms with Gasteiger partial charge in [-0.1, -0.05) is 6.92 Å². The average Bonchev–Trinajstić information content (AvgIpc) is 2.73. The minimum absolute atomic E-state index is 0.466. The van der Waals surface area contributed by atoms with Gasteiger partial charge in [0.05, 0.1) is 0 Å². The Labute approximate surface area is 108 Å². The van der Waals surface area contributed by atoms with Gasteiger partial charge in [0, 0.05) is 54.0 Å². The largest absolute Gasteiger partial charge is 0.298 e. The fourth-order valence-corrected chi connectivity index (χ4v) is 4.32. The second-order valence-electron chi connectivity index (χ2n) is 5.64. The van der Waals surface area contributed by atoms with Gasteiger partial charge in [-0.05, 0) is 32.7 Å². The molecular weight excluding hydrogens is 232 g/mol. The molecule has 2 aliphatic heterocycles. The standard InChI is InChI=1S/C13H26N2OS/c1-4-12-8-14-7-5-6-13(14)9-15(12)11(2)10-17(3)16/h11-13H,4-10H2,1-3H3. The first-order valence-corrected chi connectivity index (χ1v) is 8.64. The molecule has 0 saturated carbocycles. The van der Waals surface area contributed by atoms with Crippen molar-refractivity contribution in [3.8, 4) is 0 Å². The first-order chi connectivity index (χ1) is 8.11. The number of piperazine rings is 1. The van der Waals surface area contributed by atoms with Crippen LogP contribution in [0, 0.1) is 0 Å². The zero-order chi connectivity index (χ0) is 12.4. The van der Waals surface area contributed by atoms with Crippen LogP contribution in [0.1, 0.15) is 33.1 Å². The summed E-state index contributed by atoms with van der Waals surface area (Å²) in [5.74, 6) is 0.823. The summed E-state index contributed by atoms with van der Waals surface area (Å²) < 4.78 is 11.4. The second-order valence-corrected chi connectivity index (χ2v) is 7.12. The summed E-state index contributed by atoms with van der Waals surface area (Å²) in [6, 6.07) is 1.90. The molecule has 0 spiro atoms. The summed E-state index contributed by atoms with van der Waals surface area (Å²) >= 11 is 0. The van der Waals surface area contributed by atoms with Gasteiger partial charge in [-0.2, -0.15) is 0 Å². The van der Waals surface area contributed by atoms with Crippen molar-refractivity contribution in [2.24, 2.45) is 0 Å². The number of hydrogen-bond acceptors (Lipinski definition) is 3. The Morgan fingerprint density at radius 2 is 2.18 bits per heavy atom. The van der Waals surface area contributed by atoms with Crippen LogP contribution in [0.5, 0.6) is 0 Å². The molecule has 4 heteroatoms. The molecule has 0 aromatic carbocycles. The topological polar surface area (TPSA) is 23.6 Å². The molecule has 2 saturated heterocycles. The van der Waals surface area contributed by atoms with E-state index in [-0.39, 0.29) is 0 Å². The Morgan fingerprint density at radius 1 is 1.41 bits per heavy atom. The highest BCUT2D eigenvalue weighted by molar-refractivity contribution is 7.84.